The van der Waals surface area contributed by atoms with Gasteiger partial charge < -0.3 is 15.4 Å². The molecule has 1 atom stereocenters. The van der Waals surface area contributed by atoms with Crippen LogP contribution in [0.3, 0.4) is 0 Å². The summed E-state index contributed by atoms with van der Waals surface area (Å²) in [6, 6.07) is 6.51. The third-order valence-corrected chi connectivity index (χ3v) is 3.19. The Kier molecular flexibility index (Phi) is 3.64. The number of carbonyl (C=O) groups excluding carboxylic acids is 1. The minimum atomic E-state index is -0.112. The number of likely N-dealkylation sites (N-methyl/N-ethyl adjacent to an activating group) is 1. The molecule has 1 amide bonds. The molecule has 0 saturated carbocycles. The SMILES string of the molecule is CNC(=O)COc1ccc2c(c1)CCC2NC. The number of carbonyl (C=O) groups is 1. The van der Waals surface area contributed by atoms with Crippen molar-refractivity contribution in [2.75, 3.05) is 20.7 Å². The lowest BCUT2D eigenvalue weighted by molar-refractivity contribution is -0.122. The number of fused-ring (bicyclic) bond motifs is 1. The van der Waals surface area contributed by atoms with Crippen molar-refractivity contribution in [2.45, 2.75) is 18.9 Å². The van der Waals surface area contributed by atoms with E-state index in [0.717, 1.165) is 18.6 Å². The largest absolute Gasteiger partial charge is 0.484 e. The van der Waals surface area contributed by atoms with Crippen molar-refractivity contribution in [1.82, 2.24) is 10.6 Å². The lowest BCUT2D eigenvalue weighted by Crippen LogP contribution is -2.24. The van der Waals surface area contributed by atoms with Gasteiger partial charge in [-0.1, -0.05) is 6.07 Å². The molecule has 1 aliphatic rings. The van der Waals surface area contributed by atoms with Gasteiger partial charge in [-0.25, -0.2) is 0 Å². The van der Waals surface area contributed by atoms with E-state index < -0.39 is 0 Å². The lowest BCUT2D eigenvalue weighted by Gasteiger charge is -2.11. The first-order valence-electron chi connectivity index (χ1n) is 5.88. The Morgan fingerprint density at radius 3 is 3.00 bits per heavy atom. The molecular weight excluding hydrogens is 216 g/mol. The van der Waals surface area contributed by atoms with Gasteiger partial charge in [-0.15, -0.1) is 0 Å². The topological polar surface area (TPSA) is 50.4 Å². The third kappa shape index (κ3) is 2.58. The zero-order chi connectivity index (χ0) is 12.3. The van der Waals surface area contributed by atoms with Gasteiger partial charge in [-0.05, 0) is 43.1 Å². The van der Waals surface area contributed by atoms with Crippen LogP contribution in [0, 0.1) is 0 Å². The van der Waals surface area contributed by atoms with Crippen LogP contribution in [0.5, 0.6) is 5.75 Å². The van der Waals surface area contributed by atoms with Gasteiger partial charge in [0.1, 0.15) is 5.75 Å². The molecule has 0 aliphatic heterocycles. The van der Waals surface area contributed by atoms with Gasteiger partial charge in [0.05, 0.1) is 0 Å². The molecule has 4 nitrogen and oxygen atoms in total. The van der Waals surface area contributed by atoms with Crippen LogP contribution in [-0.2, 0) is 11.2 Å². The molecule has 1 aliphatic carbocycles. The smallest absolute Gasteiger partial charge is 0.257 e. The van der Waals surface area contributed by atoms with Crippen molar-refractivity contribution >= 4 is 5.91 Å². The van der Waals surface area contributed by atoms with E-state index in [-0.39, 0.29) is 12.5 Å². The second kappa shape index (κ2) is 5.19. The van der Waals surface area contributed by atoms with E-state index in [1.54, 1.807) is 7.05 Å². The first-order chi connectivity index (χ1) is 8.24. The van der Waals surface area contributed by atoms with E-state index in [1.807, 2.05) is 19.2 Å². The first kappa shape index (κ1) is 11.9. The maximum Gasteiger partial charge on any atom is 0.257 e. The summed E-state index contributed by atoms with van der Waals surface area (Å²) in [6.45, 7) is 0.0741. The predicted octanol–water partition coefficient (Wildman–Crippen LogP) is 1.02. The number of hydrogen-bond donors (Lipinski definition) is 2. The summed E-state index contributed by atoms with van der Waals surface area (Å²) in [5.41, 5.74) is 2.67. The Morgan fingerprint density at radius 2 is 2.29 bits per heavy atom. The number of nitrogens with one attached hydrogen (secondary N) is 2. The Bertz CT molecular complexity index is 418. The summed E-state index contributed by atoms with van der Waals surface area (Å²) in [6.07, 6.45) is 2.20. The highest BCUT2D eigenvalue weighted by atomic mass is 16.5. The zero-order valence-corrected chi connectivity index (χ0v) is 10.2. The van der Waals surface area contributed by atoms with Crippen LogP contribution in [0.15, 0.2) is 18.2 Å². The summed E-state index contributed by atoms with van der Waals surface area (Å²) in [5.74, 6) is 0.655. The number of benzene rings is 1. The van der Waals surface area contributed by atoms with Crippen molar-refractivity contribution in [3.05, 3.63) is 29.3 Å². The molecule has 92 valence electrons. The molecule has 1 aromatic carbocycles. The molecule has 0 aromatic heterocycles. The summed E-state index contributed by atoms with van der Waals surface area (Å²) in [4.78, 5) is 11.1. The van der Waals surface area contributed by atoms with Gasteiger partial charge >= 0.3 is 0 Å². The molecule has 0 radical (unpaired) electrons. The van der Waals surface area contributed by atoms with E-state index >= 15 is 0 Å². The van der Waals surface area contributed by atoms with Gasteiger partial charge in [0.2, 0.25) is 0 Å². The van der Waals surface area contributed by atoms with Crippen LogP contribution in [-0.4, -0.2) is 26.6 Å². The highest BCUT2D eigenvalue weighted by molar-refractivity contribution is 5.77. The molecule has 1 aromatic rings. The van der Waals surface area contributed by atoms with Crippen LogP contribution in [0.4, 0.5) is 0 Å². The highest BCUT2D eigenvalue weighted by Crippen LogP contribution is 2.33. The van der Waals surface area contributed by atoms with Gasteiger partial charge in [-0.3, -0.25) is 4.79 Å². The molecule has 17 heavy (non-hydrogen) atoms. The summed E-state index contributed by atoms with van der Waals surface area (Å²) in [5, 5.41) is 5.82. The highest BCUT2D eigenvalue weighted by Gasteiger charge is 2.21. The van der Waals surface area contributed by atoms with Crippen molar-refractivity contribution < 1.29 is 9.53 Å². The average Bonchev–Trinajstić information content (AvgIpc) is 2.78. The monoisotopic (exact) mass is 234 g/mol. The van der Waals surface area contributed by atoms with E-state index in [1.165, 1.54) is 11.1 Å². The fourth-order valence-electron chi connectivity index (χ4n) is 2.20. The van der Waals surface area contributed by atoms with E-state index in [2.05, 4.69) is 16.7 Å². The maximum absolute atomic E-state index is 11.1. The van der Waals surface area contributed by atoms with Gasteiger partial charge in [0.25, 0.3) is 5.91 Å². The number of aryl methyl sites for hydroxylation is 1. The van der Waals surface area contributed by atoms with Crippen molar-refractivity contribution in [3.8, 4) is 5.75 Å². The van der Waals surface area contributed by atoms with Crippen LogP contribution in [0.25, 0.3) is 0 Å². The molecule has 2 rings (SSSR count). The van der Waals surface area contributed by atoms with Crippen LogP contribution < -0.4 is 15.4 Å². The van der Waals surface area contributed by atoms with Crippen LogP contribution in [0.1, 0.15) is 23.6 Å². The predicted molar refractivity (Wildman–Crippen MR) is 66.1 cm³/mol. The van der Waals surface area contributed by atoms with Crippen LogP contribution in [0.2, 0.25) is 0 Å². The molecule has 2 N–H and O–H groups in total. The zero-order valence-electron chi connectivity index (χ0n) is 10.2. The Labute approximate surface area is 101 Å². The molecule has 0 fully saturated rings. The number of ether oxygens (including phenoxy) is 1. The quantitative estimate of drug-likeness (QED) is 0.817. The Hall–Kier alpha value is -1.55. The fourth-order valence-corrected chi connectivity index (χ4v) is 2.20. The number of hydrogen-bond acceptors (Lipinski definition) is 3. The standard InChI is InChI=1S/C13H18N2O2/c1-14-12-6-3-9-7-10(4-5-11(9)12)17-8-13(16)15-2/h4-5,7,12,14H,3,6,8H2,1-2H3,(H,15,16). The molecule has 0 saturated heterocycles. The number of amides is 1. The van der Waals surface area contributed by atoms with Crippen molar-refractivity contribution in [1.29, 1.82) is 0 Å². The second-order valence-corrected chi connectivity index (χ2v) is 4.20. The molecule has 1 unspecified atom stereocenters. The minimum Gasteiger partial charge on any atom is -0.484 e. The fraction of sp³-hybridized carbons (Fsp3) is 0.462. The molecule has 4 heteroatoms. The normalized spacial score (nSPS) is 17.6. The van der Waals surface area contributed by atoms with Crippen molar-refractivity contribution in [3.63, 3.8) is 0 Å². The van der Waals surface area contributed by atoms with E-state index in [0.29, 0.717) is 6.04 Å². The Morgan fingerprint density at radius 1 is 1.47 bits per heavy atom. The lowest BCUT2D eigenvalue weighted by atomic mass is 10.1. The Balaban J connectivity index is 2.05. The van der Waals surface area contributed by atoms with Gasteiger partial charge in [0, 0.05) is 13.1 Å². The summed E-state index contributed by atoms with van der Waals surface area (Å²) in [7, 11) is 3.58. The molecule has 0 bridgehead atoms. The summed E-state index contributed by atoms with van der Waals surface area (Å²) >= 11 is 0. The maximum atomic E-state index is 11.1. The van der Waals surface area contributed by atoms with Gasteiger partial charge in [0.15, 0.2) is 6.61 Å². The van der Waals surface area contributed by atoms with Crippen molar-refractivity contribution in [2.24, 2.45) is 0 Å². The van der Waals surface area contributed by atoms with E-state index in [4.69, 9.17) is 4.74 Å². The minimum absolute atomic E-state index is 0.0741. The second-order valence-electron chi connectivity index (χ2n) is 4.20. The molecule has 0 heterocycles. The third-order valence-electron chi connectivity index (χ3n) is 3.19. The van der Waals surface area contributed by atoms with Gasteiger partial charge in [-0.2, -0.15) is 0 Å². The van der Waals surface area contributed by atoms with Crippen LogP contribution >= 0.6 is 0 Å². The molecule has 0 spiro atoms. The average molecular weight is 234 g/mol. The summed E-state index contributed by atoms with van der Waals surface area (Å²) < 4.78 is 5.42. The first-order valence-corrected chi connectivity index (χ1v) is 5.88. The van der Waals surface area contributed by atoms with E-state index in [9.17, 15) is 4.79 Å². The molecular formula is C13H18N2O2. The number of rotatable bonds is 4.